The monoisotopic (exact) mass is 440 g/mol. The van der Waals surface area contributed by atoms with E-state index < -0.39 is 0 Å². The highest BCUT2D eigenvalue weighted by molar-refractivity contribution is 5.95. The average Bonchev–Trinajstić information content (AvgIpc) is 3.42. The molecule has 1 spiro atoms. The van der Waals surface area contributed by atoms with Crippen LogP contribution in [-0.2, 0) is 20.9 Å². The minimum absolute atomic E-state index is 0.100. The molecule has 0 bridgehead atoms. The summed E-state index contributed by atoms with van der Waals surface area (Å²) in [4.78, 5) is 22.3. The molecule has 2 aromatic rings. The maximum atomic E-state index is 11.5. The number of ether oxygens (including phenoxy) is 1. The largest absolute Gasteiger partial charge is 0.381 e. The molecular formula is C23H32N6O3. The average molecular weight is 441 g/mol. The molecule has 9 heteroatoms. The van der Waals surface area contributed by atoms with Crippen molar-refractivity contribution in [3.05, 3.63) is 24.0 Å². The lowest BCUT2D eigenvalue weighted by atomic mass is 9.70. The van der Waals surface area contributed by atoms with Gasteiger partial charge in [-0.15, -0.1) is 0 Å². The predicted octanol–water partition coefficient (Wildman–Crippen LogP) is 2.59. The lowest BCUT2D eigenvalue weighted by Gasteiger charge is -2.41. The lowest BCUT2D eigenvalue weighted by Crippen LogP contribution is -2.48. The molecule has 1 amide bonds. The predicted molar refractivity (Wildman–Crippen MR) is 122 cm³/mol. The topological polar surface area (TPSA) is 102 Å². The van der Waals surface area contributed by atoms with E-state index in [4.69, 9.17) is 14.6 Å². The van der Waals surface area contributed by atoms with E-state index in [1.54, 1.807) is 0 Å². The molecule has 3 N–H and O–H groups in total. The van der Waals surface area contributed by atoms with Crippen molar-refractivity contribution in [3.8, 4) is 0 Å². The third-order valence-electron chi connectivity index (χ3n) is 6.77. The Morgan fingerprint density at radius 3 is 2.84 bits per heavy atom. The van der Waals surface area contributed by atoms with Gasteiger partial charge in [-0.25, -0.2) is 9.67 Å². The van der Waals surface area contributed by atoms with E-state index in [-0.39, 0.29) is 11.5 Å². The van der Waals surface area contributed by atoms with E-state index in [2.05, 4.69) is 34.2 Å². The molecule has 3 aliphatic rings. The molecule has 9 nitrogen and oxygen atoms in total. The number of aryl methyl sites for hydroxylation is 1. The number of fused-ring (bicyclic) bond motifs is 1. The number of rotatable bonds is 7. The first-order valence-electron chi connectivity index (χ1n) is 11.7. The molecule has 0 radical (unpaired) electrons. The van der Waals surface area contributed by atoms with Crippen molar-refractivity contribution >= 4 is 28.3 Å². The normalized spacial score (nSPS) is 25.4. The highest BCUT2D eigenvalue weighted by Gasteiger charge is 2.48. The molecule has 172 valence electrons. The number of anilines is 1. The zero-order valence-corrected chi connectivity index (χ0v) is 18.8. The number of hydrogen-bond donors (Lipinski definition) is 3. The number of pyridine rings is 1. The molecule has 1 saturated heterocycles. The molecule has 32 heavy (non-hydrogen) atoms. The van der Waals surface area contributed by atoms with Crippen molar-refractivity contribution in [1.29, 1.82) is 0 Å². The van der Waals surface area contributed by atoms with Gasteiger partial charge in [-0.3, -0.25) is 15.1 Å². The minimum Gasteiger partial charge on any atom is -0.381 e. The molecule has 4 heterocycles. The minimum atomic E-state index is -0.310. The summed E-state index contributed by atoms with van der Waals surface area (Å²) in [6, 6.07) is 0.352. The van der Waals surface area contributed by atoms with Crippen molar-refractivity contribution in [2.24, 2.45) is 5.92 Å². The molecule has 0 atom stereocenters. The van der Waals surface area contributed by atoms with Gasteiger partial charge in [0.05, 0.1) is 23.0 Å². The summed E-state index contributed by atoms with van der Waals surface area (Å²) in [7, 11) is 0. The summed E-state index contributed by atoms with van der Waals surface area (Å²) < 4.78 is 7.46. The molecule has 0 aromatic carbocycles. The van der Waals surface area contributed by atoms with Crippen LogP contribution >= 0.6 is 0 Å². The number of hydrogen-bond acceptors (Lipinski definition) is 7. The summed E-state index contributed by atoms with van der Waals surface area (Å²) >= 11 is 0. The highest BCUT2D eigenvalue weighted by atomic mass is 16.7. The van der Waals surface area contributed by atoms with Crippen molar-refractivity contribution in [2.45, 2.75) is 64.1 Å². The van der Waals surface area contributed by atoms with Gasteiger partial charge in [0, 0.05) is 50.5 Å². The number of nitrogens with one attached hydrogen (secondary N) is 3. The first-order chi connectivity index (χ1) is 15.6. The van der Waals surface area contributed by atoms with E-state index in [0.29, 0.717) is 24.9 Å². The molecule has 2 aromatic heterocycles. The summed E-state index contributed by atoms with van der Waals surface area (Å²) in [5.74, 6) is 0.537. The summed E-state index contributed by atoms with van der Waals surface area (Å²) in [6.07, 6.45) is 10.3. The maximum absolute atomic E-state index is 11.5. The standard InChI is InChI=1S/C23H32N6O3/c1-3-20(30)24-12-15-9-23(10-15)11-19(28-32-23)17-13-25-22-18(14-26-29(22)4-2)21(17)27-16-5-7-31-8-6-16/h11,13-16,28H,3-10,12H2,1-2H3,(H,24,30)(H,25,27). The van der Waals surface area contributed by atoms with Crippen LogP contribution in [0.15, 0.2) is 18.5 Å². The first-order valence-corrected chi connectivity index (χ1v) is 11.7. The zero-order chi connectivity index (χ0) is 22.1. The van der Waals surface area contributed by atoms with Crippen LogP contribution in [0.1, 0.15) is 51.5 Å². The van der Waals surface area contributed by atoms with Crippen molar-refractivity contribution < 1.29 is 14.4 Å². The number of amides is 1. The van der Waals surface area contributed by atoms with Gasteiger partial charge in [-0.2, -0.15) is 5.10 Å². The lowest BCUT2D eigenvalue weighted by molar-refractivity contribution is -0.124. The highest BCUT2D eigenvalue weighted by Crippen LogP contribution is 2.46. The van der Waals surface area contributed by atoms with Gasteiger partial charge >= 0.3 is 0 Å². The Morgan fingerprint density at radius 2 is 2.09 bits per heavy atom. The number of carbonyl (C=O) groups is 1. The summed E-state index contributed by atoms with van der Waals surface area (Å²) in [5, 5.41) is 12.3. The van der Waals surface area contributed by atoms with Gasteiger partial charge in [-0.1, -0.05) is 6.92 Å². The fraction of sp³-hybridized carbons (Fsp3) is 0.609. The summed E-state index contributed by atoms with van der Waals surface area (Å²) in [5.41, 5.74) is 6.73. The number of hydroxylamine groups is 1. The molecular weight excluding hydrogens is 408 g/mol. The van der Waals surface area contributed by atoms with Crippen LogP contribution in [-0.4, -0.2) is 52.1 Å². The Labute approximate surface area is 187 Å². The zero-order valence-electron chi connectivity index (χ0n) is 18.8. The summed E-state index contributed by atoms with van der Waals surface area (Å²) in [6.45, 7) is 6.98. The second kappa shape index (κ2) is 8.71. The van der Waals surface area contributed by atoms with Gasteiger partial charge in [-0.05, 0) is 44.6 Å². The van der Waals surface area contributed by atoms with Gasteiger partial charge in [0.2, 0.25) is 5.91 Å². The third-order valence-corrected chi connectivity index (χ3v) is 6.77. The van der Waals surface area contributed by atoms with Crippen molar-refractivity contribution in [1.82, 2.24) is 25.6 Å². The fourth-order valence-corrected chi connectivity index (χ4v) is 4.92. The Hall–Kier alpha value is -2.65. The van der Waals surface area contributed by atoms with Crippen molar-refractivity contribution in [3.63, 3.8) is 0 Å². The second-order valence-electron chi connectivity index (χ2n) is 9.03. The SMILES string of the molecule is CCC(=O)NCC1CC2(C=C(c3cnc4c(cnn4CC)c3NC3CCOCC3)NO2)C1. The molecule has 1 aliphatic carbocycles. The van der Waals surface area contributed by atoms with Crippen LogP contribution in [0.25, 0.3) is 16.7 Å². The van der Waals surface area contributed by atoms with E-state index >= 15 is 0 Å². The second-order valence-corrected chi connectivity index (χ2v) is 9.03. The maximum Gasteiger partial charge on any atom is 0.219 e. The van der Waals surface area contributed by atoms with Crippen LogP contribution in [0.2, 0.25) is 0 Å². The number of aromatic nitrogens is 3. The van der Waals surface area contributed by atoms with Crippen LogP contribution in [0.5, 0.6) is 0 Å². The Bertz CT molecular complexity index is 1020. The van der Waals surface area contributed by atoms with Gasteiger partial charge in [0.15, 0.2) is 5.65 Å². The van der Waals surface area contributed by atoms with Crippen molar-refractivity contribution in [2.75, 3.05) is 25.1 Å². The number of nitrogens with zero attached hydrogens (tertiary/aromatic N) is 3. The Kier molecular flexibility index (Phi) is 5.77. The molecule has 2 aliphatic heterocycles. The van der Waals surface area contributed by atoms with Gasteiger partial charge < -0.3 is 15.4 Å². The van der Waals surface area contributed by atoms with Crippen LogP contribution in [0.4, 0.5) is 5.69 Å². The number of carbonyl (C=O) groups excluding carboxylic acids is 1. The quantitative estimate of drug-likeness (QED) is 0.608. The van der Waals surface area contributed by atoms with Crippen LogP contribution < -0.4 is 16.1 Å². The van der Waals surface area contributed by atoms with E-state index in [1.807, 2.05) is 24.0 Å². The third kappa shape index (κ3) is 3.95. The fourth-order valence-electron chi connectivity index (χ4n) is 4.92. The molecule has 5 rings (SSSR count). The molecule has 2 fully saturated rings. The van der Waals surface area contributed by atoms with Gasteiger partial charge in [0.25, 0.3) is 0 Å². The van der Waals surface area contributed by atoms with Crippen LogP contribution in [0.3, 0.4) is 0 Å². The first kappa shape index (κ1) is 21.2. The smallest absolute Gasteiger partial charge is 0.219 e. The molecule has 0 unspecified atom stereocenters. The van der Waals surface area contributed by atoms with E-state index in [9.17, 15) is 4.79 Å². The Balaban J connectivity index is 1.39. The van der Waals surface area contributed by atoms with E-state index in [1.165, 1.54) is 0 Å². The molecule has 1 saturated carbocycles. The van der Waals surface area contributed by atoms with Crippen LogP contribution in [0, 0.1) is 5.92 Å². The Morgan fingerprint density at radius 1 is 1.28 bits per heavy atom. The van der Waals surface area contributed by atoms with Gasteiger partial charge in [0.1, 0.15) is 5.60 Å². The van der Waals surface area contributed by atoms with E-state index in [0.717, 1.165) is 73.4 Å².